The first-order chi connectivity index (χ1) is 11.7. The van der Waals surface area contributed by atoms with Crippen LogP contribution in [0.1, 0.15) is 30.7 Å². The van der Waals surface area contributed by atoms with Crippen molar-refractivity contribution in [1.82, 2.24) is 9.97 Å². The summed E-state index contributed by atoms with van der Waals surface area (Å²) in [7, 11) is 0. The molecule has 3 aromatic rings. The van der Waals surface area contributed by atoms with Crippen molar-refractivity contribution in [3.63, 3.8) is 0 Å². The van der Waals surface area contributed by atoms with Gasteiger partial charge in [0.15, 0.2) is 0 Å². The van der Waals surface area contributed by atoms with Crippen molar-refractivity contribution >= 4 is 33.1 Å². The summed E-state index contributed by atoms with van der Waals surface area (Å²) in [5, 5.41) is 4.67. The molecule has 1 aliphatic rings. The first-order valence-electron chi connectivity index (χ1n) is 8.49. The van der Waals surface area contributed by atoms with Crippen LogP contribution >= 0.6 is 11.3 Å². The van der Waals surface area contributed by atoms with Gasteiger partial charge < -0.3 is 10.1 Å². The van der Waals surface area contributed by atoms with Gasteiger partial charge in [0, 0.05) is 10.6 Å². The van der Waals surface area contributed by atoms with E-state index in [1.165, 1.54) is 28.7 Å². The van der Waals surface area contributed by atoms with Crippen molar-refractivity contribution in [2.24, 2.45) is 5.92 Å². The minimum atomic E-state index is 0.679. The second-order valence-corrected chi connectivity index (χ2v) is 7.42. The Bertz CT molecular complexity index is 857. The maximum atomic E-state index is 5.50. The van der Waals surface area contributed by atoms with Crippen LogP contribution in [-0.2, 0) is 12.8 Å². The van der Waals surface area contributed by atoms with Crippen LogP contribution in [0.3, 0.4) is 0 Å². The molecule has 1 N–H and O–H groups in total. The number of nitrogens with one attached hydrogen (secondary N) is 1. The van der Waals surface area contributed by atoms with E-state index in [0.29, 0.717) is 6.61 Å². The van der Waals surface area contributed by atoms with Crippen LogP contribution in [0.4, 0.5) is 11.5 Å². The zero-order chi connectivity index (χ0) is 16.5. The van der Waals surface area contributed by atoms with E-state index < -0.39 is 0 Å². The number of thiophene rings is 1. The monoisotopic (exact) mass is 339 g/mol. The van der Waals surface area contributed by atoms with Gasteiger partial charge in [0.2, 0.25) is 0 Å². The molecule has 0 radical (unpaired) electrons. The highest BCUT2D eigenvalue weighted by molar-refractivity contribution is 7.19. The molecule has 0 amide bonds. The summed E-state index contributed by atoms with van der Waals surface area (Å²) < 4.78 is 5.50. The number of benzene rings is 1. The van der Waals surface area contributed by atoms with Crippen LogP contribution < -0.4 is 10.1 Å². The van der Waals surface area contributed by atoms with Crippen LogP contribution in [0.15, 0.2) is 30.6 Å². The fraction of sp³-hybridized carbons (Fsp3) is 0.368. The Balaban J connectivity index is 1.69. The van der Waals surface area contributed by atoms with Gasteiger partial charge in [-0.1, -0.05) is 6.92 Å². The fourth-order valence-corrected chi connectivity index (χ4v) is 4.66. The largest absolute Gasteiger partial charge is 0.494 e. The van der Waals surface area contributed by atoms with Crippen molar-refractivity contribution in [2.45, 2.75) is 33.1 Å². The van der Waals surface area contributed by atoms with Crippen LogP contribution in [0.25, 0.3) is 10.2 Å². The quantitative estimate of drug-likeness (QED) is 0.730. The minimum Gasteiger partial charge on any atom is -0.494 e. The molecule has 0 spiro atoms. The summed E-state index contributed by atoms with van der Waals surface area (Å²) >= 11 is 1.83. The lowest BCUT2D eigenvalue weighted by molar-refractivity contribution is 0.340. The fourth-order valence-electron chi connectivity index (χ4n) is 3.31. The Morgan fingerprint density at radius 2 is 2.08 bits per heavy atom. The average Bonchev–Trinajstić information content (AvgIpc) is 2.95. The van der Waals surface area contributed by atoms with Crippen LogP contribution in [0.5, 0.6) is 5.75 Å². The normalized spacial score (nSPS) is 16.8. The van der Waals surface area contributed by atoms with E-state index in [-0.39, 0.29) is 0 Å². The van der Waals surface area contributed by atoms with Gasteiger partial charge in [-0.05, 0) is 61.9 Å². The lowest BCUT2D eigenvalue weighted by atomic mass is 9.89. The molecular weight excluding hydrogens is 318 g/mol. The van der Waals surface area contributed by atoms with Gasteiger partial charge in [0.25, 0.3) is 0 Å². The standard InChI is InChI=1S/C19H21N3OS/c1-3-23-14-7-5-13(6-8-14)22-18-17-15-9-4-12(2)10-16(15)24-19(17)21-11-20-18/h5-8,11-12H,3-4,9-10H2,1-2H3,(H,20,21,22). The van der Waals surface area contributed by atoms with E-state index in [4.69, 9.17) is 4.74 Å². The molecule has 0 fully saturated rings. The summed E-state index contributed by atoms with van der Waals surface area (Å²) in [4.78, 5) is 11.6. The number of rotatable bonds is 4. The second kappa shape index (κ2) is 6.40. The molecule has 124 valence electrons. The molecule has 24 heavy (non-hydrogen) atoms. The third-order valence-electron chi connectivity index (χ3n) is 4.52. The third-order valence-corrected chi connectivity index (χ3v) is 5.68. The van der Waals surface area contributed by atoms with Gasteiger partial charge in [0.1, 0.15) is 22.7 Å². The van der Waals surface area contributed by atoms with E-state index in [0.717, 1.165) is 34.4 Å². The van der Waals surface area contributed by atoms with Gasteiger partial charge in [-0.3, -0.25) is 0 Å². The summed E-state index contributed by atoms with van der Waals surface area (Å²) in [5.41, 5.74) is 2.46. The number of aryl methyl sites for hydroxylation is 1. The maximum absolute atomic E-state index is 5.50. The average molecular weight is 339 g/mol. The summed E-state index contributed by atoms with van der Waals surface area (Å²) in [6.45, 7) is 5.00. The van der Waals surface area contributed by atoms with Gasteiger partial charge in [-0.2, -0.15) is 0 Å². The molecule has 0 saturated carbocycles. The lowest BCUT2D eigenvalue weighted by Gasteiger charge is -2.18. The Morgan fingerprint density at radius 1 is 1.25 bits per heavy atom. The van der Waals surface area contributed by atoms with Gasteiger partial charge in [0.05, 0.1) is 12.0 Å². The first kappa shape index (κ1) is 15.4. The number of nitrogens with zero attached hydrogens (tertiary/aromatic N) is 2. The van der Waals surface area contributed by atoms with E-state index in [1.807, 2.05) is 42.5 Å². The molecule has 4 nitrogen and oxygen atoms in total. The number of fused-ring (bicyclic) bond motifs is 3. The second-order valence-electron chi connectivity index (χ2n) is 6.34. The topological polar surface area (TPSA) is 47.0 Å². The van der Waals surface area contributed by atoms with Crippen LogP contribution in [0, 0.1) is 5.92 Å². The predicted molar refractivity (Wildman–Crippen MR) is 99.5 cm³/mol. The summed E-state index contributed by atoms with van der Waals surface area (Å²) in [6, 6.07) is 8.02. The zero-order valence-electron chi connectivity index (χ0n) is 14.0. The molecule has 1 atom stereocenters. The van der Waals surface area contributed by atoms with Crippen molar-refractivity contribution in [3.8, 4) is 5.75 Å². The number of hydrogen-bond donors (Lipinski definition) is 1. The van der Waals surface area contributed by atoms with Gasteiger partial charge in [-0.15, -0.1) is 11.3 Å². The predicted octanol–water partition coefficient (Wildman–Crippen LogP) is 4.96. The Labute approximate surface area is 145 Å². The van der Waals surface area contributed by atoms with Crippen molar-refractivity contribution < 1.29 is 4.74 Å². The number of ether oxygens (including phenoxy) is 1. The third kappa shape index (κ3) is 2.84. The SMILES string of the molecule is CCOc1ccc(Nc2ncnc3sc4c(c23)CCC(C)C4)cc1. The molecule has 2 heterocycles. The van der Waals surface area contributed by atoms with E-state index >= 15 is 0 Å². The van der Waals surface area contributed by atoms with Gasteiger partial charge in [-0.25, -0.2) is 9.97 Å². The number of aromatic nitrogens is 2. The number of anilines is 2. The van der Waals surface area contributed by atoms with Gasteiger partial charge >= 0.3 is 0 Å². The molecule has 1 aromatic carbocycles. The highest BCUT2D eigenvalue weighted by atomic mass is 32.1. The van der Waals surface area contributed by atoms with Crippen molar-refractivity contribution in [1.29, 1.82) is 0 Å². The lowest BCUT2D eigenvalue weighted by Crippen LogP contribution is -2.09. The highest BCUT2D eigenvalue weighted by Gasteiger charge is 2.23. The molecule has 5 heteroatoms. The first-order valence-corrected chi connectivity index (χ1v) is 9.31. The Kier molecular flexibility index (Phi) is 4.10. The molecule has 0 aliphatic heterocycles. The van der Waals surface area contributed by atoms with E-state index in [9.17, 15) is 0 Å². The van der Waals surface area contributed by atoms with Crippen LogP contribution in [0.2, 0.25) is 0 Å². The Hall–Kier alpha value is -2.14. The van der Waals surface area contributed by atoms with Crippen molar-refractivity contribution in [2.75, 3.05) is 11.9 Å². The van der Waals surface area contributed by atoms with Crippen LogP contribution in [-0.4, -0.2) is 16.6 Å². The number of hydrogen-bond acceptors (Lipinski definition) is 5. The minimum absolute atomic E-state index is 0.679. The highest BCUT2D eigenvalue weighted by Crippen LogP contribution is 2.40. The molecular formula is C19H21N3OS. The Morgan fingerprint density at radius 3 is 2.88 bits per heavy atom. The molecule has 0 bridgehead atoms. The smallest absolute Gasteiger partial charge is 0.142 e. The summed E-state index contributed by atoms with van der Waals surface area (Å²) in [5.74, 6) is 2.56. The molecule has 1 unspecified atom stereocenters. The van der Waals surface area contributed by atoms with E-state index in [1.54, 1.807) is 6.33 Å². The maximum Gasteiger partial charge on any atom is 0.142 e. The zero-order valence-corrected chi connectivity index (χ0v) is 14.8. The molecule has 2 aromatic heterocycles. The molecule has 4 rings (SSSR count). The molecule has 0 saturated heterocycles. The summed E-state index contributed by atoms with van der Waals surface area (Å²) in [6.07, 6.45) is 5.20. The van der Waals surface area contributed by atoms with Crippen molar-refractivity contribution in [3.05, 3.63) is 41.0 Å². The molecule has 1 aliphatic carbocycles. The van der Waals surface area contributed by atoms with E-state index in [2.05, 4.69) is 22.2 Å².